The molecule has 8 nitrogen and oxygen atoms in total. The van der Waals surface area contributed by atoms with Gasteiger partial charge in [-0.3, -0.25) is 10.1 Å². The summed E-state index contributed by atoms with van der Waals surface area (Å²) in [5.41, 5.74) is 1.22. The van der Waals surface area contributed by atoms with E-state index >= 15 is 0 Å². The van der Waals surface area contributed by atoms with E-state index in [1.807, 2.05) is 29.2 Å². The summed E-state index contributed by atoms with van der Waals surface area (Å²) in [5.74, 6) is 1.18. The highest BCUT2D eigenvalue weighted by Crippen LogP contribution is 2.29. The van der Waals surface area contributed by atoms with Crippen LogP contribution in [0.1, 0.15) is 38.7 Å². The smallest absolute Gasteiger partial charge is 0.325 e. The molecule has 3 rings (SSSR count). The number of amides is 3. The van der Waals surface area contributed by atoms with Crippen LogP contribution in [0.3, 0.4) is 0 Å². The Kier molecular flexibility index (Phi) is 8.20. The van der Waals surface area contributed by atoms with Gasteiger partial charge in [0, 0.05) is 12.8 Å². The zero-order chi connectivity index (χ0) is 22.4. The van der Waals surface area contributed by atoms with Gasteiger partial charge in [0.2, 0.25) is 0 Å². The van der Waals surface area contributed by atoms with Crippen molar-refractivity contribution in [3.8, 4) is 5.75 Å². The number of urea groups is 1. The molecule has 0 radical (unpaired) electrons. The maximum atomic E-state index is 12.6. The van der Waals surface area contributed by atoms with Crippen molar-refractivity contribution in [2.24, 2.45) is 4.99 Å². The van der Waals surface area contributed by atoms with Crippen molar-refractivity contribution in [1.29, 1.82) is 0 Å². The fourth-order valence-corrected chi connectivity index (χ4v) is 4.69. The summed E-state index contributed by atoms with van der Waals surface area (Å²) in [5, 5.41) is 13.7. The number of carbonyl (C=O) groups excluding carboxylic acids is 2. The van der Waals surface area contributed by atoms with Gasteiger partial charge in [0.05, 0.1) is 6.54 Å². The summed E-state index contributed by atoms with van der Waals surface area (Å²) in [6, 6.07) is 6.70. The molecule has 0 aromatic heterocycles. The van der Waals surface area contributed by atoms with Gasteiger partial charge >= 0.3 is 6.03 Å². The SMILES string of the molecule is CCCCCSC1=NC2C(C(=O)NC(=O)N2C)N1CC(O)COc1ccc(CC)cc1. The van der Waals surface area contributed by atoms with Crippen LogP contribution in [0, 0.1) is 0 Å². The Morgan fingerprint density at radius 3 is 2.65 bits per heavy atom. The summed E-state index contributed by atoms with van der Waals surface area (Å²) >= 11 is 1.57. The number of thioether (sulfide) groups is 1. The van der Waals surface area contributed by atoms with E-state index in [9.17, 15) is 14.7 Å². The lowest BCUT2D eigenvalue weighted by Crippen LogP contribution is -2.64. The molecule has 3 unspecified atom stereocenters. The number of nitrogens with one attached hydrogen (secondary N) is 1. The number of ether oxygens (including phenoxy) is 1. The molecule has 1 aromatic carbocycles. The predicted octanol–water partition coefficient (Wildman–Crippen LogP) is 2.46. The second-order valence-corrected chi connectivity index (χ2v) is 8.91. The highest BCUT2D eigenvalue weighted by Gasteiger charge is 2.48. The van der Waals surface area contributed by atoms with Crippen LogP contribution >= 0.6 is 11.8 Å². The fraction of sp³-hybridized carbons (Fsp3) is 0.591. The van der Waals surface area contributed by atoms with E-state index in [0.29, 0.717) is 10.9 Å². The van der Waals surface area contributed by atoms with Crippen molar-refractivity contribution in [2.45, 2.75) is 57.8 Å². The van der Waals surface area contributed by atoms with Crippen molar-refractivity contribution in [1.82, 2.24) is 15.1 Å². The van der Waals surface area contributed by atoms with Crippen LogP contribution < -0.4 is 10.1 Å². The molecule has 9 heteroatoms. The standard InChI is InChI=1S/C22H32N4O4S/c1-4-6-7-12-31-22-23-19-18(20(28)24-21(29)25(19)3)26(22)13-16(27)14-30-17-10-8-15(5-2)9-11-17/h8-11,16,18-19,27H,4-7,12-14H2,1-3H3,(H,24,28,29). The first kappa shape index (κ1) is 23.4. The number of nitrogens with zero attached hydrogens (tertiary/aromatic N) is 3. The minimum atomic E-state index is -0.818. The van der Waals surface area contributed by atoms with Crippen LogP contribution in [0.25, 0.3) is 0 Å². The number of carbonyl (C=O) groups is 2. The molecule has 0 spiro atoms. The van der Waals surface area contributed by atoms with Gasteiger partial charge in [-0.05, 0) is 30.5 Å². The van der Waals surface area contributed by atoms with Crippen LogP contribution in [-0.4, -0.2) is 76.3 Å². The normalized spacial score (nSPS) is 21.6. The number of hydrogen-bond acceptors (Lipinski definition) is 7. The van der Waals surface area contributed by atoms with Gasteiger partial charge in [-0.15, -0.1) is 0 Å². The third-order valence-electron chi connectivity index (χ3n) is 5.48. The Labute approximate surface area is 188 Å². The summed E-state index contributed by atoms with van der Waals surface area (Å²) in [7, 11) is 1.63. The first-order chi connectivity index (χ1) is 14.9. The third kappa shape index (κ3) is 5.71. The molecule has 1 saturated heterocycles. The van der Waals surface area contributed by atoms with E-state index in [1.54, 1.807) is 18.8 Å². The summed E-state index contributed by atoms with van der Waals surface area (Å²) in [6.45, 7) is 4.54. The molecular formula is C22H32N4O4S. The number of rotatable bonds is 10. The Morgan fingerprint density at radius 1 is 1.23 bits per heavy atom. The van der Waals surface area contributed by atoms with E-state index in [0.717, 1.165) is 31.4 Å². The highest BCUT2D eigenvalue weighted by atomic mass is 32.2. The Hall–Kier alpha value is -2.26. The first-order valence-corrected chi connectivity index (χ1v) is 11.9. The van der Waals surface area contributed by atoms with Crippen molar-refractivity contribution in [3.63, 3.8) is 0 Å². The van der Waals surface area contributed by atoms with Gasteiger partial charge in [-0.1, -0.05) is 50.6 Å². The minimum absolute atomic E-state index is 0.101. The van der Waals surface area contributed by atoms with Crippen molar-refractivity contribution in [2.75, 3.05) is 26.0 Å². The minimum Gasteiger partial charge on any atom is -0.491 e. The molecule has 3 amide bonds. The van der Waals surface area contributed by atoms with Crippen molar-refractivity contribution in [3.05, 3.63) is 29.8 Å². The van der Waals surface area contributed by atoms with Crippen molar-refractivity contribution < 1.29 is 19.4 Å². The molecule has 0 bridgehead atoms. The number of aliphatic imine (C=N–C) groups is 1. The van der Waals surface area contributed by atoms with E-state index in [2.05, 4.69) is 24.2 Å². The largest absolute Gasteiger partial charge is 0.491 e. The number of hydrogen-bond donors (Lipinski definition) is 2. The first-order valence-electron chi connectivity index (χ1n) is 10.9. The number of aryl methyl sites for hydroxylation is 1. The molecule has 2 N–H and O–H groups in total. The van der Waals surface area contributed by atoms with Crippen LogP contribution in [-0.2, 0) is 11.2 Å². The molecule has 0 saturated carbocycles. The second kappa shape index (κ2) is 10.9. The average Bonchev–Trinajstić information content (AvgIpc) is 3.12. The van der Waals surface area contributed by atoms with Crippen LogP contribution in [0.2, 0.25) is 0 Å². The van der Waals surface area contributed by atoms with E-state index in [4.69, 9.17) is 4.74 Å². The van der Waals surface area contributed by atoms with Gasteiger partial charge in [0.25, 0.3) is 5.91 Å². The molecule has 1 fully saturated rings. The maximum absolute atomic E-state index is 12.6. The van der Waals surface area contributed by atoms with Crippen LogP contribution in [0.4, 0.5) is 4.79 Å². The number of unbranched alkanes of at least 4 members (excludes halogenated alkanes) is 2. The quantitative estimate of drug-likeness (QED) is 0.534. The highest BCUT2D eigenvalue weighted by molar-refractivity contribution is 8.13. The van der Waals surface area contributed by atoms with Crippen LogP contribution in [0.5, 0.6) is 5.75 Å². The lowest BCUT2D eigenvalue weighted by Gasteiger charge is -2.36. The number of aliphatic hydroxyl groups is 1. The molecule has 3 atom stereocenters. The van der Waals surface area contributed by atoms with E-state index in [1.165, 1.54) is 10.5 Å². The lowest BCUT2D eigenvalue weighted by atomic mass is 10.1. The molecule has 2 heterocycles. The summed E-state index contributed by atoms with van der Waals surface area (Å²) in [6.07, 6.45) is 2.85. The van der Waals surface area contributed by atoms with Gasteiger partial charge in [0.1, 0.15) is 18.5 Å². The predicted molar refractivity (Wildman–Crippen MR) is 122 cm³/mol. The molecular weight excluding hydrogens is 416 g/mol. The summed E-state index contributed by atoms with van der Waals surface area (Å²) < 4.78 is 5.74. The lowest BCUT2D eigenvalue weighted by molar-refractivity contribution is -0.127. The monoisotopic (exact) mass is 448 g/mol. The Balaban J connectivity index is 1.65. The Morgan fingerprint density at radius 2 is 1.97 bits per heavy atom. The molecule has 170 valence electrons. The number of fused-ring (bicyclic) bond motifs is 1. The van der Waals surface area contributed by atoms with Gasteiger partial charge < -0.3 is 19.6 Å². The second-order valence-electron chi connectivity index (χ2n) is 7.85. The van der Waals surface area contributed by atoms with Crippen molar-refractivity contribution >= 4 is 28.9 Å². The van der Waals surface area contributed by atoms with Gasteiger partial charge in [0.15, 0.2) is 17.4 Å². The number of aliphatic hydroxyl groups excluding tert-OH is 1. The number of likely N-dealkylation sites (N-methyl/N-ethyl adjacent to an activating group) is 1. The van der Waals surface area contributed by atoms with E-state index < -0.39 is 24.3 Å². The molecule has 31 heavy (non-hydrogen) atoms. The molecule has 2 aliphatic rings. The van der Waals surface area contributed by atoms with Gasteiger partial charge in [-0.25, -0.2) is 9.79 Å². The molecule has 0 aliphatic carbocycles. The number of benzene rings is 1. The fourth-order valence-electron chi connectivity index (χ4n) is 3.62. The number of β-amino-alcohol motifs (C(OH)–C–C–N with tert-alkyl or cyclic N) is 1. The number of imide groups is 1. The molecule has 1 aromatic rings. The zero-order valence-electron chi connectivity index (χ0n) is 18.4. The zero-order valence-corrected chi connectivity index (χ0v) is 19.2. The average molecular weight is 449 g/mol. The molecule has 2 aliphatic heterocycles. The maximum Gasteiger partial charge on any atom is 0.325 e. The summed E-state index contributed by atoms with van der Waals surface area (Å²) in [4.78, 5) is 32.5. The third-order valence-corrected chi connectivity index (χ3v) is 6.57. The topological polar surface area (TPSA) is 94.5 Å². The number of amidine groups is 1. The van der Waals surface area contributed by atoms with Gasteiger partial charge in [-0.2, -0.15) is 0 Å². The van der Waals surface area contributed by atoms with E-state index in [-0.39, 0.29) is 19.1 Å². The van der Waals surface area contributed by atoms with Crippen LogP contribution in [0.15, 0.2) is 29.3 Å². The Bertz CT molecular complexity index is 801.